The summed E-state index contributed by atoms with van der Waals surface area (Å²) in [5.41, 5.74) is 0.986. The van der Waals surface area contributed by atoms with E-state index in [0.717, 1.165) is 12.0 Å². The molecule has 1 aromatic carbocycles. The summed E-state index contributed by atoms with van der Waals surface area (Å²) in [6, 6.07) is 9.93. The topological polar surface area (TPSA) is 49.2 Å². The normalized spacial score (nSPS) is 25.7. The Labute approximate surface area is 117 Å². The second-order valence-electron chi connectivity index (χ2n) is 4.66. The quantitative estimate of drug-likeness (QED) is 0.783. The summed E-state index contributed by atoms with van der Waals surface area (Å²) >= 11 is 0. The van der Waals surface area contributed by atoms with Crippen molar-refractivity contribution in [2.24, 2.45) is 0 Å². The maximum absolute atomic E-state index is 6.03. The van der Waals surface area contributed by atoms with Crippen LogP contribution < -0.4 is 0 Å². The van der Waals surface area contributed by atoms with E-state index < -0.39 is 5.79 Å². The highest BCUT2D eigenvalue weighted by Gasteiger charge is 2.48. The van der Waals surface area contributed by atoms with Crippen molar-refractivity contribution in [2.75, 3.05) is 13.2 Å². The zero-order chi connectivity index (χ0) is 13.8. The Kier molecular flexibility index (Phi) is 3.62. The van der Waals surface area contributed by atoms with Crippen molar-refractivity contribution < 1.29 is 9.47 Å². The van der Waals surface area contributed by atoms with E-state index in [0.29, 0.717) is 13.2 Å². The van der Waals surface area contributed by atoms with E-state index in [-0.39, 0.29) is 6.04 Å². The number of nitrogens with zero attached hydrogens (tertiary/aromatic N) is 3. The molecular formula is C15H17N3O2. The zero-order valence-corrected chi connectivity index (χ0v) is 11.2. The van der Waals surface area contributed by atoms with Gasteiger partial charge in [0, 0.05) is 5.56 Å². The Morgan fingerprint density at radius 3 is 3.00 bits per heavy atom. The fourth-order valence-corrected chi connectivity index (χ4v) is 2.64. The molecule has 5 heteroatoms. The Morgan fingerprint density at radius 2 is 2.30 bits per heavy atom. The van der Waals surface area contributed by atoms with Crippen LogP contribution >= 0.6 is 0 Å². The molecule has 104 valence electrons. The first kappa shape index (κ1) is 13.0. The smallest absolute Gasteiger partial charge is 0.218 e. The maximum Gasteiger partial charge on any atom is 0.218 e. The first-order valence-electron chi connectivity index (χ1n) is 6.65. The van der Waals surface area contributed by atoms with Gasteiger partial charge >= 0.3 is 0 Å². The monoisotopic (exact) mass is 271 g/mol. The largest absolute Gasteiger partial charge is 0.344 e. The van der Waals surface area contributed by atoms with Gasteiger partial charge in [0.05, 0.1) is 13.2 Å². The van der Waals surface area contributed by atoms with Gasteiger partial charge in [0.25, 0.3) is 0 Å². The lowest BCUT2D eigenvalue weighted by Gasteiger charge is -2.34. The van der Waals surface area contributed by atoms with Gasteiger partial charge in [0.1, 0.15) is 18.7 Å². The van der Waals surface area contributed by atoms with Gasteiger partial charge in [-0.05, 0) is 6.42 Å². The van der Waals surface area contributed by atoms with Crippen molar-refractivity contribution in [2.45, 2.75) is 18.2 Å². The van der Waals surface area contributed by atoms with E-state index in [1.807, 2.05) is 35.0 Å². The number of hydrogen-bond acceptors (Lipinski definition) is 4. The highest BCUT2D eigenvalue weighted by atomic mass is 16.7. The highest BCUT2D eigenvalue weighted by Crippen LogP contribution is 2.44. The van der Waals surface area contributed by atoms with Crippen LogP contribution in [0.1, 0.15) is 18.0 Å². The van der Waals surface area contributed by atoms with Crippen LogP contribution in [0.2, 0.25) is 0 Å². The van der Waals surface area contributed by atoms with Crippen molar-refractivity contribution in [3.05, 3.63) is 61.2 Å². The number of benzene rings is 1. The third-order valence-corrected chi connectivity index (χ3v) is 3.49. The summed E-state index contributed by atoms with van der Waals surface area (Å²) in [7, 11) is 0. The molecule has 0 radical (unpaired) electrons. The van der Waals surface area contributed by atoms with Crippen LogP contribution in [0.3, 0.4) is 0 Å². The molecule has 0 saturated carbocycles. The van der Waals surface area contributed by atoms with E-state index >= 15 is 0 Å². The lowest BCUT2D eigenvalue weighted by atomic mass is 9.98. The van der Waals surface area contributed by atoms with Crippen LogP contribution in [-0.4, -0.2) is 28.0 Å². The molecule has 1 aromatic heterocycles. The van der Waals surface area contributed by atoms with Gasteiger partial charge in [0.2, 0.25) is 5.79 Å². The van der Waals surface area contributed by atoms with Gasteiger partial charge in [-0.15, -0.1) is 6.58 Å². The van der Waals surface area contributed by atoms with Crippen molar-refractivity contribution in [3.8, 4) is 0 Å². The second-order valence-corrected chi connectivity index (χ2v) is 4.66. The molecule has 2 atom stereocenters. The molecular weight excluding hydrogens is 254 g/mol. The molecule has 2 aromatic rings. The predicted octanol–water partition coefficient (Wildman–Crippen LogP) is 2.30. The first-order valence-corrected chi connectivity index (χ1v) is 6.65. The average Bonchev–Trinajstić information content (AvgIpc) is 3.15. The SMILES string of the molecule is C=CCOC1(c2ccccc2)OCCC1n1cncn1. The van der Waals surface area contributed by atoms with Gasteiger partial charge < -0.3 is 9.47 Å². The highest BCUT2D eigenvalue weighted by molar-refractivity contribution is 5.23. The third kappa shape index (κ3) is 2.15. The van der Waals surface area contributed by atoms with Crippen molar-refractivity contribution in [1.29, 1.82) is 0 Å². The summed E-state index contributed by atoms with van der Waals surface area (Å²) < 4.78 is 13.8. The lowest BCUT2D eigenvalue weighted by Crippen LogP contribution is -2.37. The fourth-order valence-electron chi connectivity index (χ4n) is 2.64. The van der Waals surface area contributed by atoms with Crippen molar-refractivity contribution in [3.63, 3.8) is 0 Å². The number of ether oxygens (including phenoxy) is 2. The van der Waals surface area contributed by atoms with Crippen LogP contribution in [0.15, 0.2) is 55.6 Å². The molecule has 0 aliphatic carbocycles. The number of aromatic nitrogens is 3. The number of hydrogen-bond donors (Lipinski definition) is 0. The Morgan fingerprint density at radius 1 is 1.45 bits per heavy atom. The Bertz CT molecular complexity index is 556. The van der Waals surface area contributed by atoms with Gasteiger partial charge in [-0.25, -0.2) is 9.67 Å². The molecule has 3 rings (SSSR count). The molecule has 5 nitrogen and oxygen atoms in total. The van der Waals surface area contributed by atoms with Crippen molar-refractivity contribution >= 4 is 0 Å². The van der Waals surface area contributed by atoms with E-state index in [2.05, 4.69) is 16.7 Å². The summed E-state index contributed by atoms with van der Waals surface area (Å²) in [5.74, 6) is -0.830. The summed E-state index contributed by atoms with van der Waals surface area (Å²) in [5, 5.41) is 4.25. The van der Waals surface area contributed by atoms with Crippen LogP contribution in [0, 0.1) is 0 Å². The van der Waals surface area contributed by atoms with E-state index in [4.69, 9.17) is 9.47 Å². The van der Waals surface area contributed by atoms with Gasteiger partial charge in [0.15, 0.2) is 0 Å². The van der Waals surface area contributed by atoms with Gasteiger partial charge in [-0.1, -0.05) is 36.4 Å². The molecule has 0 N–H and O–H groups in total. The number of rotatable bonds is 5. The zero-order valence-electron chi connectivity index (χ0n) is 11.2. The van der Waals surface area contributed by atoms with Gasteiger partial charge in [-0.3, -0.25) is 0 Å². The average molecular weight is 271 g/mol. The second kappa shape index (κ2) is 5.56. The van der Waals surface area contributed by atoms with Gasteiger partial charge in [-0.2, -0.15) is 5.10 Å². The molecule has 2 heterocycles. The van der Waals surface area contributed by atoms with E-state index in [1.165, 1.54) is 6.33 Å². The molecule has 1 aliphatic rings. The Balaban J connectivity index is 2.02. The molecule has 0 bridgehead atoms. The summed E-state index contributed by atoms with van der Waals surface area (Å²) in [4.78, 5) is 4.03. The molecule has 20 heavy (non-hydrogen) atoms. The standard InChI is InChI=1S/C15H17N3O2/c1-2-9-19-15(13-6-4-3-5-7-13)14(8-10-20-15)18-12-16-11-17-18/h2-7,11-12,14H,1,8-10H2. The van der Waals surface area contributed by atoms with Crippen molar-refractivity contribution in [1.82, 2.24) is 14.8 Å². The van der Waals surface area contributed by atoms with E-state index in [9.17, 15) is 0 Å². The maximum atomic E-state index is 6.03. The molecule has 1 saturated heterocycles. The molecule has 0 amide bonds. The fraction of sp³-hybridized carbons (Fsp3) is 0.333. The molecule has 1 fully saturated rings. The van der Waals surface area contributed by atoms with E-state index in [1.54, 1.807) is 12.4 Å². The lowest BCUT2D eigenvalue weighted by molar-refractivity contribution is -0.232. The molecule has 0 spiro atoms. The third-order valence-electron chi connectivity index (χ3n) is 3.49. The first-order chi connectivity index (χ1) is 9.87. The predicted molar refractivity (Wildman–Crippen MR) is 73.9 cm³/mol. The molecule has 1 aliphatic heterocycles. The summed E-state index contributed by atoms with van der Waals surface area (Å²) in [6.07, 6.45) is 5.79. The minimum atomic E-state index is -0.830. The van der Waals surface area contributed by atoms with Crippen LogP contribution in [0.25, 0.3) is 0 Å². The minimum absolute atomic E-state index is 0.0349. The Hall–Kier alpha value is -1.98. The summed E-state index contributed by atoms with van der Waals surface area (Å²) in [6.45, 7) is 4.76. The molecule has 2 unspecified atom stereocenters. The van der Waals surface area contributed by atoms with Crippen LogP contribution in [-0.2, 0) is 15.3 Å². The van der Waals surface area contributed by atoms with Crippen LogP contribution in [0.4, 0.5) is 0 Å². The van der Waals surface area contributed by atoms with Crippen LogP contribution in [0.5, 0.6) is 0 Å². The minimum Gasteiger partial charge on any atom is -0.344 e.